The Balaban J connectivity index is 1.64. The van der Waals surface area contributed by atoms with Gasteiger partial charge in [0.1, 0.15) is 0 Å². The van der Waals surface area contributed by atoms with Crippen molar-refractivity contribution in [3.63, 3.8) is 0 Å². The molecule has 5 heteroatoms. The molecule has 0 aromatic heterocycles. The molecule has 3 rings (SSSR count). The molecular formula is C25H25N3O2. The maximum absolute atomic E-state index is 12.6. The maximum atomic E-state index is 12.6. The lowest BCUT2D eigenvalue weighted by Crippen LogP contribution is -2.32. The first-order valence-electron chi connectivity index (χ1n) is 9.88. The van der Waals surface area contributed by atoms with Gasteiger partial charge in [-0.2, -0.15) is 5.10 Å². The van der Waals surface area contributed by atoms with Crippen molar-refractivity contribution in [1.29, 1.82) is 0 Å². The van der Waals surface area contributed by atoms with Gasteiger partial charge in [-0.25, -0.2) is 5.43 Å². The van der Waals surface area contributed by atoms with Crippen molar-refractivity contribution in [1.82, 2.24) is 10.7 Å². The molecule has 0 heterocycles. The Morgan fingerprint density at radius 1 is 0.833 bits per heavy atom. The maximum Gasteiger partial charge on any atom is 0.251 e. The van der Waals surface area contributed by atoms with E-state index in [0.29, 0.717) is 12.0 Å². The van der Waals surface area contributed by atoms with E-state index < -0.39 is 6.04 Å². The van der Waals surface area contributed by atoms with Crippen molar-refractivity contribution in [2.24, 2.45) is 5.10 Å². The third kappa shape index (κ3) is 6.41. The molecule has 152 valence electrons. The van der Waals surface area contributed by atoms with Crippen molar-refractivity contribution < 1.29 is 9.59 Å². The van der Waals surface area contributed by atoms with E-state index >= 15 is 0 Å². The van der Waals surface area contributed by atoms with Gasteiger partial charge in [-0.1, -0.05) is 78.9 Å². The van der Waals surface area contributed by atoms with Crippen LogP contribution in [0.1, 0.15) is 40.9 Å². The van der Waals surface area contributed by atoms with E-state index in [1.54, 1.807) is 12.1 Å². The molecule has 5 nitrogen and oxygen atoms in total. The second-order valence-corrected chi connectivity index (χ2v) is 7.05. The topological polar surface area (TPSA) is 70.6 Å². The molecule has 3 aromatic rings. The molecule has 0 saturated heterocycles. The fourth-order valence-electron chi connectivity index (χ4n) is 3.09. The summed E-state index contributed by atoms with van der Waals surface area (Å²) in [5.74, 6) is -0.481. The molecule has 0 aliphatic heterocycles. The Bertz CT molecular complexity index is 987. The monoisotopic (exact) mass is 399 g/mol. The highest BCUT2D eigenvalue weighted by atomic mass is 16.2. The number of nitrogens with zero attached hydrogens (tertiary/aromatic N) is 1. The van der Waals surface area contributed by atoms with Crippen LogP contribution in [-0.2, 0) is 11.2 Å². The predicted octanol–water partition coefficient (Wildman–Crippen LogP) is 4.28. The van der Waals surface area contributed by atoms with Crippen LogP contribution in [0.25, 0.3) is 0 Å². The number of carbonyl (C=O) groups excluding carboxylic acids is 2. The summed E-state index contributed by atoms with van der Waals surface area (Å²) < 4.78 is 0. The molecule has 30 heavy (non-hydrogen) atoms. The molecule has 0 aliphatic rings. The minimum Gasteiger partial charge on any atom is -0.345 e. The van der Waals surface area contributed by atoms with E-state index in [-0.39, 0.29) is 18.2 Å². The zero-order valence-electron chi connectivity index (χ0n) is 16.9. The molecule has 3 aromatic carbocycles. The van der Waals surface area contributed by atoms with Gasteiger partial charge in [0.05, 0.1) is 12.5 Å². The van der Waals surface area contributed by atoms with Gasteiger partial charge >= 0.3 is 0 Å². The summed E-state index contributed by atoms with van der Waals surface area (Å²) >= 11 is 0. The van der Waals surface area contributed by atoms with E-state index in [4.69, 9.17) is 0 Å². The van der Waals surface area contributed by atoms with E-state index in [9.17, 15) is 9.59 Å². The van der Waals surface area contributed by atoms with Crippen LogP contribution in [0.15, 0.2) is 96.1 Å². The van der Waals surface area contributed by atoms with E-state index in [2.05, 4.69) is 15.8 Å². The SMILES string of the molecule is CC(Cc1ccccc1)=NNC(=O)CC(NC(=O)c1ccccc1)c1ccccc1. The number of rotatable bonds is 8. The largest absolute Gasteiger partial charge is 0.345 e. The van der Waals surface area contributed by atoms with Crippen molar-refractivity contribution in [2.45, 2.75) is 25.8 Å². The van der Waals surface area contributed by atoms with Crippen molar-refractivity contribution in [3.8, 4) is 0 Å². The van der Waals surface area contributed by atoms with Crippen LogP contribution >= 0.6 is 0 Å². The molecule has 2 amide bonds. The van der Waals surface area contributed by atoms with E-state index in [0.717, 1.165) is 16.8 Å². The highest BCUT2D eigenvalue weighted by Gasteiger charge is 2.19. The minimum absolute atomic E-state index is 0.0880. The average Bonchev–Trinajstić information content (AvgIpc) is 2.79. The quantitative estimate of drug-likeness (QED) is 0.438. The fourth-order valence-corrected chi connectivity index (χ4v) is 3.09. The molecule has 0 fully saturated rings. The summed E-state index contributed by atoms with van der Waals surface area (Å²) in [6.45, 7) is 1.87. The highest BCUT2D eigenvalue weighted by Crippen LogP contribution is 2.17. The van der Waals surface area contributed by atoms with Gasteiger partial charge in [0.15, 0.2) is 0 Å². The zero-order chi connectivity index (χ0) is 21.2. The highest BCUT2D eigenvalue weighted by molar-refractivity contribution is 5.94. The molecule has 1 atom stereocenters. The fraction of sp³-hybridized carbons (Fsp3) is 0.160. The number of carbonyl (C=O) groups is 2. The smallest absolute Gasteiger partial charge is 0.251 e. The third-order valence-corrected chi connectivity index (χ3v) is 4.61. The number of hydrogen-bond donors (Lipinski definition) is 2. The first-order valence-corrected chi connectivity index (χ1v) is 9.88. The third-order valence-electron chi connectivity index (χ3n) is 4.61. The minimum atomic E-state index is -0.455. The molecule has 0 spiro atoms. The van der Waals surface area contributed by atoms with Crippen LogP contribution in [0.2, 0.25) is 0 Å². The molecular weight excluding hydrogens is 374 g/mol. The molecule has 2 N–H and O–H groups in total. The lowest BCUT2D eigenvalue weighted by Gasteiger charge is -2.18. The van der Waals surface area contributed by atoms with Gasteiger partial charge in [-0.3, -0.25) is 9.59 Å². The van der Waals surface area contributed by atoms with Crippen LogP contribution in [0.3, 0.4) is 0 Å². The molecule has 0 bridgehead atoms. The van der Waals surface area contributed by atoms with Gasteiger partial charge in [0.25, 0.3) is 5.91 Å². The van der Waals surface area contributed by atoms with Crippen LogP contribution in [0.4, 0.5) is 0 Å². The van der Waals surface area contributed by atoms with Gasteiger partial charge in [-0.15, -0.1) is 0 Å². The average molecular weight is 399 g/mol. The number of amides is 2. The van der Waals surface area contributed by atoms with Crippen molar-refractivity contribution in [3.05, 3.63) is 108 Å². The summed E-state index contributed by atoms with van der Waals surface area (Å²) in [6, 6.07) is 27.9. The number of hydrogen-bond acceptors (Lipinski definition) is 3. The summed E-state index contributed by atoms with van der Waals surface area (Å²) in [7, 11) is 0. The Morgan fingerprint density at radius 2 is 1.40 bits per heavy atom. The Kier molecular flexibility index (Phi) is 7.50. The van der Waals surface area contributed by atoms with Crippen LogP contribution in [0, 0.1) is 0 Å². The number of hydrazone groups is 1. The second-order valence-electron chi connectivity index (χ2n) is 7.05. The summed E-state index contributed by atoms with van der Waals surface area (Å²) in [4.78, 5) is 25.1. The van der Waals surface area contributed by atoms with Crippen LogP contribution in [-0.4, -0.2) is 17.5 Å². The molecule has 1 unspecified atom stereocenters. The molecule has 0 saturated carbocycles. The first kappa shape index (κ1) is 21.0. The molecule has 0 radical (unpaired) electrons. The standard InChI is InChI=1S/C25H25N3O2/c1-19(17-20-11-5-2-6-12-20)27-28-24(29)18-23(21-13-7-3-8-14-21)26-25(30)22-15-9-4-10-16-22/h2-16,23H,17-18H2,1H3,(H,26,30)(H,28,29). The van der Waals surface area contributed by atoms with Crippen LogP contribution < -0.4 is 10.7 Å². The predicted molar refractivity (Wildman–Crippen MR) is 119 cm³/mol. The van der Waals surface area contributed by atoms with E-state index in [1.807, 2.05) is 85.8 Å². The summed E-state index contributed by atoms with van der Waals surface area (Å²) in [5.41, 5.74) is 5.96. The number of benzene rings is 3. The second kappa shape index (κ2) is 10.7. The Labute approximate surface area is 176 Å². The number of nitrogens with one attached hydrogen (secondary N) is 2. The van der Waals surface area contributed by atoms with E-state index in [1.165, 1.54) is 0 Å². The van der Waals surface area contributed by atoms with Gasteiger partial charge in [0, 0.05) is 17.7 Å². The lowest BCUT2D eigenvalue weighted by atomic mass is 10.0. The van der Waals surface area contributed by atoms with Gasteiger partial charge in [0.2, 0.25) is 5.91 Å². The molecule has 0 aliphatic carbocycles. The van der Waals surface area contributed by atoms with Crippen molar-refractivity contribution in [2.75, 3.05) is 0 Å². The summed E-state index contributed by atoms with van der Waals surface area (Å²) in [5, 5.41) is 7.17. The zero-order valence-corrected chi connectivity index (χ0v) is 16.9. The first-order chi connectivity index (χ1) is 14.6. The van der Waals surface area contributed by atoms with Crippen LogP contribution in [0.5, 0.6) is 0 Å². The normalized spacial score (nSPS) is 12.1. The van der Waals surface area contributed by atoms with Gasteiger partial charge in [-0.05, 0) is 30.2 Å². The Morgan fingerprint density at radius 3 is 2.03 bits per heavy atom. The lowest BCUT2D eigenvalue weighted by molar-refractivity contribution is -0.121. The Hall–Kier alpha value is -3.73. The summed E-state index contributed by atoms with van der Waals surface area (Å²) in [6.07, 6.45) is 0.749. The van der Waals surface area contributed by atoms with Crippen molar-refractivity contribution >= 4 is 17.5 Å². The van der Waals surface area contributed by atoms with Gasteiger partial charge < -0.3 is 5.32 Å².